The molecule has 10 heteroatoms. The number of carbonyl (C=O) groups is 2. The molecule has 2 aromatic rings. The Morgan fingerprint density at radius 2 is 1.79 bits per heavy atom. The fourth-order valence-electron chi connectivity index (χ4n) is 3.20. The molecule has 2 aromatic carbocycles. The maximum Gasteiger partial charge on any atom is 0.293 e. The lowest BCUT2D eigenvalue weighted by Gasteiger charge is -2.21. The van der Waals surface area contributed by atoms with Gasteiger partial charge in [0.1, 0.15) is 11.7 Å². The molecule has 1 atom stereocenters. The van der Waals surface area contributed by atoms with Gasteiger partial charge in [-0.3, -0.25) is 19.7 Å². The minimum atomic E-state index is -0.829. The quantitative estimate of drug-likeness (QED) is 0.307. The van der Waals surface area contributed by atoms with Gasteiger partial charge in [-0.05, 0) is 50.1 Å². The van der Waals surface area contributed by atoms with Gasteiger partial charge in [-0.25, -0.2) is 5.43 Å². The van der Waals surface area contributed by atoms with Crippen LogP contribution in [0.25, 0.3) is 0 Å². The van der Waals surface area contributed by atoms with Gasteiger partial charge < -0.3 is 10.2 Å². The average molecular weight is 474 g/mol. The lowest BCUT2D eigenvalue weighted by atomic mass is 10.0. The van der Waals surface area contributed by atoms with Crippen LogP contribution < -0.4 is 15.6 Å². The lowest BCUT2D eigenvalue weighted by Crippen LogP contribution is -2.48. The number of nitrogens with zero attached hydrogens (tertiary/aromatic N) is 3. The van der Waals surface area contributed by atoms with Crippen LogP contribution in [-0.2, 0) is 4.79 Å². The van der Waals surface area contributed by atoms with Crippen molar-refractivity contribution < 1.29 is 14.5 Å². The highest BCUT2D eigenvalue weighted by atomic mass is 35.5. The molecule has 0 aliphatic rings. The minimum absolute atomic E-state index is 0.0377. The first kappa shape index (κ1) is 25.8. The molecule has 0 fully saturated rings. The zero-order chi connectivity index (χ0) is 24.5. The highest BCUT2D eigenvalue weighted by Gasteiger charge is 2.24. The molecule has 9 nitrogen and oxygen atoms in total. The summed E-state index contributed by atoms with van der Waals surface area (Å²) in [6, 6.07) is 10.3. The number of carbonyl (C=O) groups excluding carboxylic acids is 2. The number of amides is 2. The molecule has 33 heavy (non-hydrogen) atoms. The standard InChI is InChI=1S/C23H28ClN5O4/c1-5-28(6-2)19-12-7-16(13-20(19)29(32)33)14-25-27-23(31)21(15(3)4)26-22(30)17-8-10-18(24)11-9-17/h7-15,21H,5-6H2,1-4H3,(H,26,30)(H,27,31). The van der Waals surface area contributed by atoms with Crippen molar-refractivity contribution in [2.24, 2.45) is 11.0 Å². The SMILES string of the molecule is CCN(CC)c1ccc(C=NNC(=O)C(NC(=O)c2ccc(Cl)cc2)C(C)C)cc1[N+](=O)[O-]. The molecule has 2 N–H and O–H groups in total. The van der Waals surface area contributed by atoms with Gasteiger partial charge in [-0.2, -0.15) is 5.10 Å². The summed E-state index contributed by atoms with van der Waals surface area (Å²) in [5, 5.41) is 18.6. The Balaban J connectivity index is 2.11. The fraction of sp³-hybridized carbons (Fsp3) is 0.348. The number of nitro groups is 1. The molecule has 0 aliphatic heterocycles. The second-order valence-corrected chi connectivity index (χ2v) is 8.05. The topological polar surface area (TPSA) is 117 Å². The molecule has 0 aromatic heterocycles. The average Bonchev–Trinajstić information content (AvgIpc) is 2.78. The van der Waals surface area contributed by atoms with Crippen molar-refractivity contribution in [3.8, 4) is 0 Å². The second kappa shape index (κ2) is 12.0. The number of nitro benzene ring substituents is 1. The number of anilines is 1. The number of halogens is 1. The molecule has 0 radical (unpaired) electrons. The van der Waals surface area contributed by atoms with E-state index in [2.05, 4.69) is 15.8 Å². The highest BCUT2D eigenvalue weighted by Crippen LogP contribution is 2.28. The van der Waals surface area contributed by atoms with Crippen LogP contribution in [0.2, 0.25) is 5.02 Å². The van der Waals surface area contributed by atoms with E-state index in [0.29, 0.717) is 34.9 Å². The molecule has 0 spiro atoms. The third-order valence-corrected chi connectivity index (χ3v) is 5.28. The number of benzene rings is 2. The maximum absolute atomic E-state index is 12.6. The summed E-state index contributed by atoms with van der Waals surface area (Å²) in [7, 11) is 0. The second-order valence-electron chi connectivity index (χ2n) is 7.61. The summed E-state index contributed by atoms with van der Waals surface area (Å²) in [5.41, 5.74) is 3.73. The summed E-state index contributed by atoms with van der Waals surface area (Å²) in [5.74, 6) is -1.11. The van der Waals surface area contributed by atoms with Crippen molar-refractivity contribution in [3.63, 3.8) is 0 Å². The Morgan fingerprint density at radius 1 is 1.15 bits per heavy atom. The molecule has 0 aliphatic carbocycles. The monoisotopic (exact) mass is 473 g/mol. The van der Waals surface area contributed by atoms with Gasteiger partial charge in [-0.1, -0.05) is 31.5 Å². The Labute approximate surface area is 198 Å². The van der Waals surface area contributed by atoms with Crippen LogP contribution >= 0.6 is 11.6 Å². The molecule has 0 saturated carbocycles. The molecule has 2 rings (SSSR count). The summed E-state index contributed by atoms with van der Waals surface area (Å²) in [4.78, 5) is 38.0. The largest absolute Gasteiger partial charge is 0.367 e. The molecular weight excluding hydrogens is 446 g/mol. The maximum atomic E-state index is 12.6. The summed E-state index contributed by atoms with van der Waals surface area (Å²) < 4.78 is 0. The molecule has 0 bridgehead atoms. The number of nitrogens with one attached hydrogen (secondary N) is 2. The smallest absolute Gasteiger partial charge is 0.293 e. The van der Waals surface area contributed by atoms with E-state index in [1.165, 1.54) is 12.3 Å². The van der Waals surface area contributed by atoms with Crippen molar-refractivity contribution in [3.05, 3.63) is 68.7 Å². The van der Waals surface area contributed by atoms with Crippen LogP contribution in [0.3, 0.4) is 0 Å². The molecule has 176 valence electrons. The van der Waals surface area contributed by atoms with E-state index in [1.54, 1.807) is 50.2 Å². The van der Waals surface area contributed by atoms with Gasteiger partial charge in [-0.15, -0.1) is 0 Å². The zero-order valence-corrected chi connectivity index (χ0v) is 19.8. The fourth-order valence-corrected chi connectivity index (χ4v) is 3.33. The molecule has 1 unspecified atom stereocenters. The predicted molar refractivity (Wildman–Crippen MR) is 130 cm³/mol. The highest BCUT2D eigenvalue weighted by molar-refractivity contribution is 6.30. The van der Waals surface area contributed by atoms with Crippen LogP contribution in [0.1, 0.15) is 43.6 Å². The first-order valence-electron chi connectivity index (χ1n) is 10.6. The summed E-state index contributed by atoms with van der Waals surface area (Å²) >= 11 is 5.85. The lowest BCUT2D eigenvalue weighted by molar-refractivity contribution is -0.384. The van der Waals surface area contributed by atoms with Gasteiger partial charge in [0.25, 0.3) is 17.5 Å². The van der Waals surface area contributed by atoms with E-state index >= 15 is 0 Å². The third-order valence-electron chi connectivity index (χ3n) is 5.03. The first-order valence-corrected chi connectivity index (χ1v) is 11.0. The van der Waals surface area contributed by atoms with E-state index < -0.39 is 22.8 Å². The number of hydrogen-bond donors (Lipinski definition) is 2. The Hall–Kier alpha value is -3.46. The van der Waals surface area contributed by atoms with Gasteiger partial charge >= 0.3 is 0 Å². The number of hydrazone groups is 1. The summed E-state index contributed by atoms with van der Waals surface area (Å²) in [6.07, 6.45) is 1.33. The van der Waals surface area contributed by atoms with E-state index in [9.17, 15) is 19.7 Å². The van der Waals surface area contributed by atoms with Crippen LogP contribution in [0.15, 0.2) is 47.6 Å². The first-order chi connectivity index (χ1) is 15.7. The van der Waals surface area contributed by atoms with Gasteiger partial charge in [0, 0.05) is 35.3 Å². The van der Waals surface area contributed by atoms with E-state index in [0.717, 1.165) is 0 Å². The van der Waals surface area contributed by atoms with Crippen LogP contribution in [-0.4, -0.2) is 42.1 Å². The Bertz CT molecular complexity index is 1020. The van der Waals surface area contributed by atoms with Crippen molar-refractivity contribution >= 4 is 41.0 Å². The molecule has 0 saturated heterocycles. The van der Waals surface area contributed by atoms with Crippen molar-refractivity contribution in [2.45, 2.75) is 33.7 Å². The van der Waals surface area contributed by atoms with Gasteiger partial charge in [0.15, 0.2) is 0 Å². The van der Waals surface area contributed by atoms with Crippen molar-refractivity contribution in [2.75, 3.05) is 18.0 Å². The Kier molecular flexibility index (Phi) is 9.35. The van der Waals surface area contributed by atoms with Gasteiger partial charge in [0.2, 0.25) is 0 Å². The third kappa shape index (κ3) is 7.01. The van der Waals surface area contributed by atoms with Crippen LogP contribution in [0.5, 0.6) is 0 Å². The summed E-state index contributed by atoms with van der Waals surface area (Å²) in [6.45, 7) is 8.72. The van der Waals surface area contributed by atoms with Crippen LogP contribution in [0.4, 0.5) is 11.4 Å². The van der Waals surface area contributed by atoms with Crippen LogP contribution in [0, 0.1) is 16.0 Å². The van der Waals surface area contributed by atoms with E-state index in [1.807, 2.05) is 18.7 Å². The molecule has 2 amide bonds. The molecular formula is C23H28ClN5O4. The van der Waals surface area contributed by atoms with E-state index in [-0.39, 0.29) is 11.6 Å². The molecule has 0 heterocycles. The number of rotatable bonds is 10. The zero-order valence-electron chi connectivity index (χ0n) is 19.0. The normalized spacial score (nSPS) is 11.9. The van der Waals surface area contributed by atoms with Crippen molar-refractivity contribution in [1.29, 1.82) is 0 Å². The number of hydrogen-bond acceptors (Lipinski definition) is 6. The van der Waals surface area contributed by atoms with Crippen molar-refractivity contribution in [1.82, 2.24) is 10.7 Å². The van der Waals surface area contributed by atoms with Gasteiger partial charge in [0.05, 0.1) is 11.1 Å². The minimum Gasteiger partial charge on any atom is -0.367 e. The predicted octanol–water partition coefficient (Wildman–Crippen LogP) is 4.00. The Morgan fingerprint density at radius 3 is 2.33 bits per heavy atom. The van der Waals surface area contributed by atoms with E-state index in [4.69, 9.17) is 11.6 Å².